The van der Waals surface area contributed by atoms with Crippen molar-refractivity contribution in [3.05, 3.63) is 71.5 Å². The topological polar surface area (TPSA) is 59.1 Å². The molecule has 2 aromatic carbocycles. The highest BCUT2D eigenvalue weighted by atomic mass is 19.4. The number of nitrogens with one attached hydrogen (secondary N) is 2. The van der Waals surface area contributed by atoms with Crippen LogP contribution in [-0.4, -0.2) is 17.1 Å². The first-order valence-corrected chi connectivity index (χ1v) is 8.51. The lowest BCUT2D eigenvalue weighted by Gasteiger charge is -2.13. The number of rotatable bonds is 6. The smallest absolute Gasteiger partial charge is 0.416 e. The fourth-order valence-corrected chi connectivity index (χ4v) is 2.68. The number of hydrogen-bond acceptors (Lipinski definition) is 5. The van der Waals surface area contributed by atoms with E-state index >= 15 is 0 Å². The quantitative estimate of drug-likeness (QED) is 0.610. The first kappa shape index (κ1) is 19.5. The molecule has 0 saturated carbocycles. The van der Waals surface area contributed by atoms with E-state index in [4.69, 9.17) is 4.74 Å². The van der Waals surface area contributed by atoms with Crippen molar-refractivity contribution in [1.82, 2.24) is 9.97 Å². The summed E-state index contributed by atoms with van der Waals surface area (Å²) in [5, 5.41) is 6.09. The monoisotopic (exact) mass is 388 g/mol. The standard InChI is InChI=1S/C20H19F3N4O/c1-13-25-18(24-12-14-6-3-4-9-17(14)28-2)11-19(26-13)27-16-8-5-7-15(10-16)20(21,22)23/h3-11H,12H2,1-2H3,(H2,24,25,26,27). The molecular weight excluding hydrogens is 369 g/mol. The summed E-state index contributed by atoms with van der Waals surface area (Å²) in [7, 11) is 1.60. The van der Waals surface area contributed by atoms with Crippen LogP contribution >= 0.6 is 0 Å². The number of benzene rings is 2. The van der Waals surface area contributed by atoms with Gasteiger partial charge in [-0.25, -0.2) is 9.97 Å². The molecule has 0 aliphatic heterocycles. The molecule has 0 fully saturated rings. The Hall–Kier alpha value is -3.29. The van der Waals surface area contributed by atoms with Gasteiger partial charge in [0.2, 0.25) is 0 Å². The Kier molecular flexibility index (Phi) is 5.67. The summed E-state index contributed by atoms with van der Waals surface area (Å²) in [5.41, 5.74) is 0.523. The van der Waals surface area contributed by atoms with Crippen LogP contribution in [0.25, 0.3) is 0 Å². The van der Waals surface area contributed by atoms with Crippen molar-refractivity contribution in [3.63, 3.8) is 0 Å². The van der Waals surface area contributed by atoms with Gasteiger partial charge in [0.15, 0.2) is 0 Å². The van der Waals surface area contributed by atoms with E-state index in [1.54, 1.807) is 26.2 Å². The van der Waals surface area contributed by atoms with E-state index in [0.29, 0.717) is 29.7 Å². The molecule has 0 spiro atoms. The van der Waals surface area contributed by atoms with Crippen molar-refractivity contribution in [2.75, 3.05) is 17.7 Å². The van der Waals surface area contributed by atoms with Crippen molar-refractivity contribution in [2.45, 2.75) is 19.6 Å². The number of methoxy groups -OCH3 is 1. The van der Waals surface area contributed by atoms with Gasteiger partial charge in [0, 0.05) is 23.9 Å². The zero-order valence-corrected chi connectivity index (χ0v) is 15.3. The van der Waals surface area contributed by atoms with E-state index in [9.17, 15) is 13.2 Å². The maximum Gasteiger partial charge on any atom is 0.416 e. The Morgan fingerprint density at radius 1 is 0.964 bits per heavy atom. The molecule has 0 amide bonds. The van der Waals surface area contributed by atoms with Crippen LogP contribution in [0.15, 0.2) is 54.6 Å². The van der Waals surface area contributed by atoms with Gasteiger partial charge in [0.05, 0.1) is 12.7 Å². The van der Waals surface area contributed by atoms with Gasteiger partial charge >= 0.3 is 6.18 Å². The summed E-state index contributed by atoms with van der Waals surface area (Å²) in [4.78, 5) is 8.56. The fourth-order valence-electron chi connectivity index (χ4n) is 2.68. The van der Waals surface area contributed by atoms with Gasteiger partial charge in [-0.1, -0.05) is 24.3 Å². The van der Waals surface area contributed by atoms with Crippen molar-refractivity contribution in [1.29, 1.82) is 0 Å². The predicted octanol–water partition coefficient (Wildman–Crippen LogP) is 5.17. The largest absolute Gasteiger partial charge is 0.496 e. The molecule has 5 nitrogen and oxygen atoms in total. The molecule has 0 radical (unpaired) electrons. The lowest BCUT2D eigenvalue weighted by molar-refractivity contribution is -0.137. The van der Waals surface area contributed by atoms with Crippen LogP contribution in [0.2, 0.25) is 0 Å². The average molecular weight is 388 g/mol. The van der Waals surface area contributed by atoms with Gasteiger partial charge in [0.25, 0.3) is 0 Å². The zero-order chi connectivity index (χ0) is 20.1. The SMILES string of the molecule is COc1ccccc1CNc1cc(Nc2cccc(C(F)(F)F)c2)nc(C)n1. The second-order valence-electron chi connectivity index (χ2n) is 6.05. The molecule has 0 aliphatic rings. The Labute approximate surface area is 160 Å². The van der Waals surface area contributed by atoms with Crippen LogP contribution in [0.3, 0.4) is 0 Å². The van der Waals surface area contributed by atoms with Crippen molar-refractivity contribution < 1.29 is 17.9 Å². The van der Waals surface area contributed by atoms with Gasteiger partial charge in [-0.05, 0) is 31.2 Å². The van der Waals surface area contributed by atoms with E-state index < -0.39 is 11.7 Å². The molecule has 0 atom stereocenters. The summed E-state index contributed by atoms with van der Waals surface area (Å²) in [6, 6.07) is 14.2. The maximum absolute atomic E-state index is 12.9. The van der Waals surface area contributed by atoms with Crippen LogP contribution in [0.4, 0.5) is 30.5 Å². The van der Waals surface area contributed by atoms with Crippen molar-refractivity contribution in [3.8, 4) is 5.75 Å². The Bertz CT molecular complexity index is 960. The van der Waals surface area contributed by atoms with Crippen LogP contribution in [0.1, 0.15) is 17.0 Å². The Morgan fingerprint density at radius 3 is 2.46 bits per heavy atom. The van der Waals surface area contributed by atoms with Gasteiger partial charge in [0.1, 0.15) is 23.2 Å². The zero-order valence-electron chi connectivity index (χ0n) is 15.3. The van der Waals surface area contributed by atoms with Gasteiger partial charge in [-0.2, -0.15) is 13.2 Å². The van der Waals surface area contributed by atoms with Crippen molar-refractivity contribution >= 4 is 17.3 Å². The molecule has 28 heavy (non-hydrogen) atoms. The summed E-state index contributed by atoms with van der Waals surface area (Å²) < 4.78 is 44.0. The van der Waals surface area contributed by atoms with E-state index in [2.05, 4.69) is 20.6 Å². The average Bonchev–Trinajstić information content (AvgIpc) is 2.66. The summed E-state index contributed by atoms with van der Waals surface area (Å²) >= 11 is 0. The Balaban J connectivity index is 1.77. The molecule has 0 aliphatic carbocycles. The fraction of sp³-hybridized carbons (Fsp3) is 0.200. The normalized spacial score (nSPS) is 11.2. The van der Waals surface area contributed by atoms with Crippen LogP contribution in [0.5, 0.6) is 5.75 Å². The van der Waals surface area contributed by atoms with Gasteiger partial charge in [-0.3, -0.25) is 0 Å². The number of alkyl halides is 3. The minimum atomic E-state index is -4.40. The van der Waals surface area contributed by atoms with E-state index in [0.717, 1.165) is 23.4 Å². The highest BCUT2D eigenvalue weighted by Crippen LogP contribution is 2.31. The number of aromatic nitrogens is 2. The molecule has 0 saturated heterocycles. The summed E-state index contributed by atoms with van der Waals surface area (Å²) in [6.07, 6.45) is -4.40. The van der Waals surface area contributed by atoms with E-state index in [-0.39, 0.29) is 0 Å². The Morgan fingerprint density at radius 2 is 1.71 bits per heavy atom. The van der Waals surface area contributed by atoms with E-state index in [1.807, 2.05) is 24.3 Å². The molecule has 1 heterocycles. The molecule has 0 bridgehead atoms. The third-order valence-electron chi connectivity index (χ3n) is 3.95. The maximum atomic E-state index is 12.9. The van der Waals surface area contributed by atoms with Gasteiger partial charge in [-0.15, -0.1) is 0 Å². The number of aryl methyl sites for hydroxylation is 1. The highest BCUT2D eigenvalue weighted by molar-refractivity contribution is 5.60. The first-order chi connectivity index (χ1) is 13.3. The molecule has 3 rings (SSSR count). The number of anilines is 3. The molecule has 3 aromatic rings. The lowest BCUT2D eigenvalue weighted by atomic mass is 10.2. The summed E-state index contributed by atoms with van der Waals surface area (Å²) in [5.74, 6) is 2.19. The predicted molar refractivity (Wildman–Crippen MR) is 102 cm³/mol. The molecule has 0 unspecified atom stereocenters. The van der Waals surface area contributed by atoms with Gasteiger partial charge < -0.3 is 15.4 Å². The molecule has 8 heteroatoms. The van der Waals surface area contributed by atoms with Crippen molar-refractivity contribution in [2.24, 2.45) is 0 Å². The number of halogens is 3. The minimum Gasteiger partial charge on any atom is -0.496 e. The first-order valence-electron chi connectivity index (χ1n) is 8.51. The van der Waals surface area contributed by atoms with Crippen LogP contribution < -0.4 is 15.4 Å². The third-order valence-corrected chi connectivity index (χ3v) is 3.95. The molecule has 1 aromatic heterocycles. The second-order valence-corrected chi connectivity index (χ2v) is 6.05. The second kappa shape index (κ2) is 8.16. The number of nitrogens with zero attached hydrogens (tertiary/aromatic N) is 2. The number of para-hydroxylation sites is 1. The van der Waals surface area contributed by atoms with Crippen LogP contribution in [-0.2, 0) is 12.7 Å². The third kappa shape index (κ3) is 4.91. The molecular formula is C20H19F3N4O. The van der Waals surface area contributed by atoms with E-state index in [1.165, 1.54) is 6.07 Å². The number of hydrogen-bond donors (Lipinski definition) is 2. The highest BCUT2D eigenvalue weighted by Gasteiger charge is 2.30. The molecule has 146 valence electrons. The van der Waals surface area contributed by atoms with Crippen LogP contribution in [0, 0.1) is 6.92 Å². The summed E-state index contributed by atoms with van der Waals surface area (Å²) in [6.45, 7) is 2.19. The molecule has 2 N–H and O–H groups in total. The number of ether oxygens (including phenoxy) is 1. The lowest BCUT2D eigenvalue weighted by Crippen LogP contribution is -2.07. The minimum absolute atomic E-state index is 0.295.